The first-order chi connectivity index (χ1) is 18.1. The number of carbonyl (C=O) groups is 1. The molecule has 3 aromatic carbocycles. The second kappa shape index (κ2) is 11.9. The zero-order chi connectivity index (χ0) is 27.3. The highest BCUT2D eigenvalue weighted by Gasteiger charge is 2.22. The first-order valence-corrected chi connectivity index (χ1v) is 13.0. The van der Waals surface area contributed by atoms with E-state index in [0.717, 1.165) is 23.4 Å². The van der Waals surface area contributed by atoms with E-state index in [2.05, 4.69) is 5.32 Å². The van der Waals surface area contributed by atoms with Crippen molar-refractivity contribution < 1.29 is 23.0 Å². The number of anilines is 1. The van der Waals surface area contributed by atoms with Crippen LogP contribution in [0.2, 0.25) is 0 Å². The molecule has 1 unspecified atom stereocenters. The van der Waals surface area contributed by atoms with Crippen molar-refractivity contribution >= 4 is 11.7 Å². The van der Waals surface area contributed by atoms with Gasteiger partial charge in [-0.25, -0.2) is 8.78 Å². The van der Waals surface area contributed by atoms with Crippen molar-refractivity contribution in [3.05, 3.63) is 83.2 Å². The molecule has 1 aliphatic carbocycles. The Labute approximate surface area is 223 Å². The molecule has 0 aromatic heterocycles. The maximum atomic E-state index is 15.4. The Morgan fingerprint density at radius 1 is 1.11 bits per heavy atom. The van der Waals surface area contributed by atoms with Crippen LogP contribution >= 0.6 is 0 Å². The Morgan fingerprint density at radius 2 is 1.87 bits per heavy atom. The van der Waals surface area contributed by atoms with Crippen LogP contribution in [0.15, 0.2) is 60.7 Å². The van der Waals surface area contributed by atoms with Crippen LogP contribution < -0.4 is 15.8 Å². The summed E-state index contributed by atoms with van der Waals surface area (Å²) >= 11 is 0. The molecule has 3 aromatic rings. The number of halogens is 2. The highest BCUT2D eigenvalue weighted by atomic mass is 19.1. The molecule has 1 aliphatic rings. The summed E-state index contributed by atoms with van der Waals surface area (Å²) in [7, 11) is 0. The predicted octanol–water partition coefficient (Wildman–Crippen LogP) is 6.75. The Kier molecular flexibility index (Phi) is 8.67. The minimum absolute atomic E-state index is 0.0918. The molecule has 1 atom stereocenters. The molecule has 0 heterocycles. The maximum absolute atomic E-state index is 15.4. The fourth-order valence-electron chi connectivity index (χ4n) is 4.24. The molecule has 202 valence electrons. The Balaban J connectivity index is 1.59. The number of hydrogen-bond donors (Lipinski definition) is 2. The summed E-state index contributed by atoms with van der Waals surface area (Å²) in [6.45, 7) is 5.71. The van der Waals surface area contributed by atoms with Gasteiger partial charge in [0.25, 0.3) is 0 Å². The first-order valence-electron chi connectivity index (χ1n) is 13.0. The quantitative estimate of drug-likeness (QED) is 0.273. The summed E-state index contributed by atoms with van der Waals surface area (Å²) in [6.07, 6.45) is 2.50. The van der Waals surface area contributed by atoms with Gasteiger partial charge in [0.05, 0.1) is 12.5 Å². The van der Waals surface area contributed by atoms with Gasteiger partial charge in [-0.15, -0.1) is 0 Å². The van der Waals surface area contributed by atoms with Gasteiger partial charge in [-0.3, -0.25) is 4.79 Å². The normalized spacial score (nSPS) is 14.2. The van der Waals surface area contributed by atoms with Crippen molar-refractivity contribution in [3.8, 4) is 16.9 Å². The first kappa shape index (κ1) is 27.6. The SMILES string of the molecule is CC(C)(C)OC(=O)Cc1ccccc1OCc1cc(NCC2CC2)cc(-c2cccc(C(N)CF)c2F)c1. The lowest BCUT2D eigenvalue weighted by molar-refractivity contribution is -0.153. The highest BCUT2D eigenvalue weighted by Crippen LogP contribution is 2.33. The van der Waals surface area contributed by atoms with Crippen LogP contribution in [0.3, 0.4) is 0 Å². The predicted molar refractivity (Wildman–Crippen MR) is 146 cm³/mol. The third-order valence-corrected chi connectivity index (χ3v) is 6.31. The van der Waals surface area contributed by atoms with E-state index in [1.807, 2.05) is 63.2 Å². The number of nitrogens with one attached hydrogen (secondary N) is 1. The average molecular weight is 523 g/mol. The van der Waals surface area contributed by atoms with Gasteiger partial charge in [-0.2, -0.15) is 0 Å². The smallest absolute Gasteiger partial charge is 0.310 e. The molecular formula is C31H36F2N2O3. The van der Waals surface area contributed by atoms with Crippen molar-refractivity contribution in [2.45, 2.75) is 58.3 Å². The van der Waals surface area contributed by atoms with Gasteiger partial charge < -0.3 is 20.5 Å². The summed E-state index contributed by atoms with van der Waals surface area (Å²) in [5.41, 5.74) is 8.79. The van der Waals surface area contributed by atoms with Crippen LogP contribution in [0, 0.1) is 11.7 Å². The van der Waals surface area contributed by atoms with E-state index in [4.69, 9.17) is 15.2 Å². The molecule has 0 aliphatic heterocycles. The van der Waals surface area contributed by atoms with Gasteiger partial charge in [-0.05, 0) is 74.9 Å². The lowest BCUT2D eigenvalue weighted by Crippen LogP contribution is -2.25. The largest absolute Gasteiger partial charge is 0.489 e. The van der Waals surface area contributed by atoms with Crippen LogP contribution in [0.25, 0.3) is 11.1 Å². The third-order valence-electron chi connectivity index (χ3n) is 6.31. The molecular weight excluding hydrogens is 486 g/mol. The lowest BCUT2D eigenvalue weighted by Gasteiger charge is -2.20. The summed E-state index contributed by atoms with van der Waals surface area (Å²) in [4.78, 5) is 12.4. The molecule has 0 saturated heterocycles. The number of hydrogen-bond acceptors (Lipinski definition) is 5. The average Bonchev–Trinajstić information content (AvgIpc) is 3.70. The number of rotatable bonds is 11. The molecule has 1 fully saturated rings. The van der Waals surface area contributed by atoms with Crippen LogP contribution in [0.1, 0.15) is 56.3 Å². The fraction of sp³-hybridized carbons (Fsp3) is 0.387. The molecule has 0 bridgehead atoms. The summed E-state index contributed by atoms with van der Waals surface area (Å²) in [5, 5.41) is 3.46. The number of ether oxygens (including phenoxy) is 2. The van der Waals surface area contributed by atoms with E-state index in [1.54, 1.807) is 12.1 Å². The molecule has 0 radical (unpaired) electrons. The van der Waals surface area contributed by atoms with Gasteiger partial charge in [0.2, 0.25) is 0 Å². The molecule has 5 nitrogen and oxygen atoms in total. The minimum Gasteiger partial charge on any atom is -0.489 e. The van der Waals surface area contributed by atoms with E-state index in [9.17, 15) is 9.18 Å². The third kappa shape index (κ3) is 7.54. The van der Waals surface area contributed by atoms with E-state index in [0.29, 0.717) is 22.8 Å². The Hall–Kier alpha value is -3.45. The lowest BCUT2D eigenvalue weighted by atomic mass is 9.97. The van der Waals surface area contributed by atoms with Crippen molar-refractivity contribution in [1.29, 1.82) is 0 Å². The standard InChI is InChI=1S/C31H36F2N2O3/c1-31(2,3)38-29(36)16-22-7-4-5-10-28(22)37-19-21-13-23(15-24(14-21)35-18-20-11-12-20)25-8-6-9-26(30(25)33)27(34)17-32/h4-10,13-15,20,27,35H,11-12,16-19,34H2,1-3H3. The zero-order valence-corrected chi connectivity index (χ0v) is 22.2. The minimum atomic E-state index is -1.02. The molecule has 7 heteroatoms. The van der Waals surface area contributed by atoms with Gasteiger partial charge in [0.15, 0.2) is 0 Å². The molecule has 3 N–H and O–H groups in total. The molecule has 4 rings (SSSR count). The number of carbonyl (C=O) groups excluding carboxylic acids is 1. The van der Waals surface area contributed by atoms with Gasteiger partial charge >= 0.3 is 5.97 Å². The van der Waals surface area contributed by atoms with E-state index < -0.39 is 24.1 Å². The number of para-hydroxylation sites is 1. The molecule has 0 spiro atoms. The summed E-state index contributed by atoms with van der Waals surface area (Å²) < 4.78 is 40.2. The van der Waals surface area contributed by atoms with Crippen molar-refractivity contribution in [1.82, 2.24) is 0 Å². The van der Waals surface area contributed by atoms with Crippen molar-refractivity contribution in [3.63, 3.8) is 0 Å². The van der Waals surface area contributed by atoms with Crippen LogP contribution in [0.5, 0.6) is 5.75 Å². The summed E-state index contributed by atoms with van der Waals surface area (Å²) in [6, 6.07) is 17.0. The highest BCUT2D eigenvalue weighted by molar-refractivity contribution is 5.74. The number of benzene rings is 3. The van der Waals surface area contributed by atoms with E-state index in [1.165, 1.54) is 18.9 Å². The maximum Gasteiger partial charge on any atom is 0.310 e. The van der Waals surface area contributed by atoms with E-state index in [-0.39, 0.29) is 24.6 Å². The topological polar surface area (TPSA) is 73.6 Å². The second-order valence-electron chi connectivity index (χ2n) is 10.9. The number of nitrogens with two attached hydrogens (primary N) is 1. The molecule has 1 saturated carbocycles. The van der Waals surface area contributed by atoms with Crippen molar-refractivity contribution in [2.24, 2.45) is 11.7 Å². The van der Waals surface area contributed by atoms with E-state index >= 15 is 4.39 Å². The van der Waals surface area contributed by atoms with Crippen LogP contribution in [-0.4, -0.2) is 24.8 Å². The van der Waals surface area contributed by atoms with Crippen molar-refractivity contribution in [2.75, 3.05) is 18.5 Å². The van der Waals surface area contributed by atoms with Crippen LogP contribution in [0.4, 0.5) is 14.5 Å². The zero-order valence-electron chi connectivity index (χ0n) is 22.2. The fourth-order valence-corrected chi connectivity index (χ4v) is 4.24. The van der Waals surface area contributed by atoms with Gasteiger partial charge in [0.1, 0.15) is 30.4 Å². The van der Waals surface area contributed by atoms with Gasteiger partial charge in [-0.1, -0.05) is 36.4 Å². The monoisotopic (exact) mass is 522 g/mol. The van der Waals surface area contributed by atoms with Gasteiger partial charge in [0, 0.05) is 28.9 Å². The summed E-state index contributed by atoms with van der Waals surface area (Å²) in [5.74, 6) is 0.384. The number of alkyl halides is 1. The Bertz CT molecular complexity index is 1270. The molecule has 38 heavy (non-hydrogen) atoms. The van der Waals surface area contributed by atoms with Crippen LogP contribution in [-0.2, 0) is 22.6 Å². The second-order valence-corrected chi connectivity index (χ2v) is 10.9. The number of esters is 1. The molecule has 0 amide bonds. The Morgan fingerprint density at radius 3 is 2.58 bits per heavy atom.